The van der Waals surface area contributed by atoms with Crippen molar-refractivity contribution in [1.29, 1.82) is 0 Å². The molecule has 1 aliphatic rings. The number of aliphatic hydroxyl groups is 1. The summed E-state index contributed by atoms with van der Waals surface area (Å²) in [6.45, 7) is 2.50. The Morgan fingerprint density at radius 2 is 2.37 bits per heavy atom. The van der Waals surface area contributed by atoms with E-state index in [0.717, 1.165) is 24.8 Å². The van der Waals surface area contributed by atoms with E-state index in [2.05, 4.69) is 4.72 Å². The van der Waals surface area contributed by atoms with Gasteiger partial charge in [-0.25, -0.2) is 0 Å². The van der Waals surface area contributed by atoms with Gasteiger partial charge >= 0.3 is 0 Å². The molecule has 0 bridgehead atoms. The summed E-state index contributed by atoms with van der Waals surface area (Å²) >= 11 is 1.48. The van der Waals surface area contributed by atoms with Crippen molar-refractivity contribution in [3.05, 3.63) is 22.4 Å². The Bertz CT molecular complexity index is 487. The van der Waals surface area contributed by atoms with E-state index < -0.39 is 16.3 Å². The van der Waals surface area contributed by atoms with Crippen molar-refractivity contribution in [3.8, 4) is 0 Å². The van der Waals surface area contributed by atoms with Crippen molar-refractivity contribution in [2.75, 3.05) is 13.1 Å². The fraction of sp³-hybridized carbons (Fsp3) is 0.667. The number of aliphatic hydroxyl groups excluding tert-OH is 1. The van der Waals surface area contributed by atoms with Crippen LogP contribution in [0.25, 0.3) is 0 Å². The molecule has 2 rings (SSSR count). The Balaban J connectivity index is 1.94. The Morgan fingerprint density at radius 3 is 3.00 bits per heavy atom. The third kappa shape index (κ3) is 3.76. The van der Waals surface area contributed by atoms with Crippen molar-refractivity contribution in [1.82, 2.24) is 9.03 Å². The van der Waals surface area contributed by atoms with Gasteiger partial charge in [0.25, 0.3) is 10.2 Å². The molecule has 1 aliphatic heterocycles. The summed E-state index contributed by atoms with van der Waals surface area (Å²) in [4.78, 5) is 0. The van der Waals surface area contributed by atoms with E-state index in [1.807, 2.05) is 17.7 Å². The molecule has 2 heterocycles. The van der Waals surface area contributed by atoms with Crippen LogP contribution in [0.3, 0.4) is 0 Å². The predicted octanol–water partition coefficient (Wildman–Crippen LogP) is 1.49. The third-order valence-electron chi connectivity index (χ3n) is 3.44. The monoisotopic (exact) mass is 304 g/mol. The Hall–Kier alpha value is -0.470. The van der Waals surface area contributed by atoms with Crippen LogP contribution in [0.2, 0.25) is 0 Å². The maximum Gasteiger partial charge on any atom is 0.279 e. The molecule has 5 nitrogen and oxygen atoms in total. The largest absolute Gasteiger partial charge is 0.387 e. The number of hydrogen-bond acceptors (Lipinski definition) is 4. The summed E-state index contributed by atoms with van der Waals surface area (Å²) in [6.07, 6.45) is 2.08. The van der Waals surface area contributed by atoms with Gasteiger partial charge in [-0.3, -0.25) is 0 Å². The van der Waals surface area contributed by atoms with E-state index in [1.165, 1.54) is 15.6 Å². The molecular weight excluding hydrogens is 284 g/mol. The van der Waals surface area contributed by atoms with Crippen molar-refractivity contribution in [2.45, 2.75) is 38.3 Å². The SMILES string of the molecule is CC1CCCCN1S(=O)(=O)NCC(O)c1ccsc1. The number of nitrogens with one attached hydrogen (secondary N) is 1. The molecule has 1 aromatic rings. The zero-order valence-electron chi connectivity index (χ0n) is 10.9. The summed E-state index contributed by atoms with van der Waals surface area (Å²) < 4.78 is 28.3. The van der Waals surface area contributed by atoms with Crippen molar-refractivity contribution < 1.29 is 13.5 Å². The fourth-order valence-electron chi connectivity index (χ4n) is 2.28. The first-order valence-corrected chi connectivity index (χ1v) is 8.85. The molecule has 0 aromatic carbocycles. The van der Waals surface area contributed by atoms with Gasteiger partial charge in [0.15, 0.2) is 0 Å². The molecule has 1 aromatic heterocycles. The zero-order chi connectivity index (χ0) is 13.9. The first-order valence-electron chi connectivity index (χ1n) is 6.47. The van der Waals surface area contributed by atoms with Gasteiger partial charge in [0.05, 0.1) is 6.10 Å². The highest BCUT2D eigenvalue weighted by atomic mass is 32.2. The topological polar surface area (TPSA) is 69.6 Å². The van der Waals surface area contributed by atoms with Gasteiger partial charge in [-0.1, -0.05) is 6.42 Å². The highest BCUT2D eigenvalue weighted by Crippen LogP contribution is 2.20. The minimum atomic E-state index is -3.49. The Morgan fingerprint density at radius 1 is 1.58 bits per heavy atom. The number of hydrogen-bond donors (Lipinski definition) is 2. The van der Waals surface area contributed by atoms with Gasteiger partial charge in [-0.15, -0.1) is 0 Å². The molecule has 0 radical (unpaired) electrons. The quantitative estimate of drug-likeness (QED) is 0.866. The lowest BCUT2D eigenvalue weighted by molar-refractivity contribution is 0.180. The second kappa shape index (κ2) is 6.32. The Kier molecular flexibility index (Phi) is 4.97. The molecule has 2 atom stereocenters. The van der Waals surface area contributed by atoms with Gasteiger partial charge in [-0.2, -0.15) is 28.8 Å². The van der Waals surface area contributed by atoms with Crippen LogP contribution in [-0.2, 0) is 10.2 Å². The van der Waals surface area contributed by atoms with Crippen LogP contribution in [-0.4, -0.2) is 37.0 Å². The maximum atomic E-state index is 12.2. The average Bonchev–Trinajstić information content (AvgIpc) is 2.90. The highest BCUT2D eigenvalue weighted by molar-refractivity contribution is 7.87. The maximum absolute atomic E-state index is 12.2. The van der Waals surface area contributed by atoms with Crippen LogP contribution in [0.1, 0.15) is 37.9 Å². The summed E-state index contributed by atoms with van der Waals surface area (Å²) in [6, 6.07) is 1.83. The van der Waals surface area contributed by atoms with Crippen LogP contribution >= 0.6 is 11.3 Å². The van der Waals surface area contributed by atoms with Crippen molar-refractivity contribution in [3.63, 3.8) is 0 Å². The van der Waals surface area contributed by atoms with Crippen LogP contribution in [0.15, 0.2) is 16.8 Å². The molecule has 7 heteroatoms. The molecular formula is C12H20N2O3S2. The molecule has 0 amide bonds. The average molecular weight is 304 g/mol. The fourth-order valence-corrected chi connectivity index (χ4v) is 4.47. The summed E-state index contributed by atoms with van der Waals surface area (Å²) in [5.74, 6) is 0. The molecule has 2 N–H and O–H groups in total. The van der Waals surface area contributed by atoms with E-state index >= 15 is 0 Å². The number of thiophene rings is 1. The normalized spacial score (nSPS) is 23.4. The van der Waals surface area contributed by atoms with E-state index in [0.29, 0.717) is 6.54 Å². The molecule has 0 spiro atoms. The Labute approximate surface area is 118 Å². The van der Waals surface area contributed by atoms with Crippen LogP contribution < -0.4 is 4.72 Å². The highest BCUT2D eigenvalue weighted by Gasteiger charge is 2.29. The third-order valence-corrected chi connectivity index (χ3v) is 5.83. The van der Waals surface area contributed by atoms with Gasteiger partial charge in [0.1, 0.15) is 0 Å². The van der Waals surface area contributed by atoms with Crippen molar-refractivity contribution in [2.24, 2.45) is 0 Å². The van der Waals surface area contributed by atoms with Crippen LogP contribution in [0, 0.1) is 0 Å². The molecule has 1 fully saturated rings. The lowest BCUT2D eigenvalue weighted by atomic mass is 10.1. The minimum Gasteiger partial charge on any atom is -0.387 e. The second-order valence-electron chi connectivity index (χ2n) is 4.88. The molecule has 0 saturated carbocycles. The van der Waals surface area contributed by atoms with Gasteiger partial charge in [-0.05, 0) is 42.2 Å². The number of rotatable bonds is 5. The van der Waals surface area contributed by atoms with Gasteiger partial charge in [0.2, 0.25) is 0 Å². The van der Waals surface area contributed by atoms with Gasteiger partial charge in [0, 0.05) is 19.1 Å². The van der Waals surface area contributed by atoms with E-state index in [9.17, 15) is 13.5 Å². The molecule has 1 saturated heterocycles. The predicted molar refractivity (Wildman–Crippen MR) is 76.2 cm³/mol. The number of nitrogens with zero attached hydrogens (tertiary/aromatic N) is 1. The van der Waals surface area contributed by atoms with E-state index in [4.69, 9.17) is 0 Å². The lowest BCUT2D eigenvalue weighted by Crippen LogP contribution is -2.48. The van der Waals surface area contributed by atoms with Crippen LogP contribution in [0.4, 0.5) is 0 Å². The molecule has 108 valence electrons. The van der Waals surface area contributed by atoms with Gasteiger partial charge < -0.3 is 5.11 Å². The van der Waals surface area contributed by atoms with Crippen molar-refractivity contribution >= 4 is 21.5 Å². The second-order valence-corrected chi connectivity index (χ2v) is 7.37. The molecule has 19 heavy (non-hydrogen) atoms. The smallest absolute Gasteiger partial charge is 0.279 e. The summed E-state index contributed by atoms with van der Waals surface area (Å²) in [5, 5.41) is 13.6. The first-order chi connectivity index (χ1) is 9.00. The standard InChI is InChI=1S/C12H20N2O3S2/c1-10-4-2-3-6-14(10)19(16,17)13-8-12(15)11-5-7-18-9-11/h5,7,9-10,12-13,15H,2-4,6,8H2,1H3. The summed E-state index contributed by atoms with van der Waals surface area (Å²) in [7, 11) is -3.49. The zero-order valence-corrected chi connectivity index (χ0v) is 12.6. The van der Waals surface area contributed by atoms with E-state index in [-0.39, 0.29) is 12.6 Å². The molecule has 0 aliphatic carbocycles. The lowest BCUT2D eigenvalue weighted by Gasteiger charge is -2.32. The number of piperidine rings is 1. The minimum absolute atomic E-state index is 0.0162. The first kappa shape index (κ1) is 14.9. The molecule has 2 unspecified atom stereocenters. The van der Waals surface area contributed by atoms with E-state index in [1.54, 1.807) is 6.07 Å². The van der Waals surface area contributed by atoms with Crippen LogP contribution in [0.5, 0.6) is 0 Å². The summed E-state index contributed by atoms with van der Waals surface area (Å²) in [5.41, 5.74) is 0.749.